The van der Waals surface area contributed by atoms with Crippen molar-refractivity contribution >= 4 is 53.5 Å². The molecule has 56 valence electrons. The molecule has 0 bridgehead atoms. The standard InChI is InChI=1S/C6H2Br3N2/c7-3-1-4(8)6(11-10)5(9)2-3/h1-2H/q+1. The maximum atomic E-state index is 8.54. The van der Waals surface area contributed by atoms with E-state index in [1.54, 1.807) is 12.1 Å². The van der Waals surface area contributed by atoms with E-state index >= 15 is 0 Å². The van der Waals surface area contributed by atoms with Gasteiger partial charge in [0.15, 0.2) is 4.98 Å². The smallest absolute Gasteiger partial charge is 0.0507 e. The maximum Gasteiger partial charge on any atom is 0.413 e. The van der Waals surface area contributed by atoms with Gasteiger partial charge >= 0.3 is 5.69 Å². The molecule has 0 aromatic heterocycles. The third-order valence-electron chi connectivity index (χ3n) is 1.08. The van der Waals surface area contributed by atoms with E-state index < -0.39 is 0 Å². The minimum Gasteiger partial charge on any atom is -0.0507 e. The van der Waals surface area contributed by atoms with Crippen LogP contribution in [-0.2, 0) is 0 Å². The van der Waals surface area contributed by atoms with Crippen molar-refractivity contribution in [1.82, 2.24) is 0 Å². The van der Waals surface area contributed by atoms with Crippen LogP contribution in [0, 0.1) is 5.39 Å². The van der Waals surface area contributed by atoms with Gasteiger partial charge in [-0.3, -0.25) is 0 Å². The fourth-order valence-corrected chi connectivity index (χ4v) is 3.05. The maximum absolute atomic E-state index is 8.54. The molecule has 0 spiro atoms. The second kappa shape index (κ2) is 3.65. The molecule has 0 heterocycles. The number of rotatable bonds is 0. The zero-order chi connectivity index (χ0) is 8.43. The van der Waals surface area contributed by atoms with Gasteiger partial charge in [-0.05, 0) is 44.0 Å². The summed E-state index contributed by atoms with van der Waals surface area (Å²) in [4.78, 5) is 3.10. The molecule has 1 aromatic carbocycles. The predicted molar refractivity (Wildman–Crippen MR) is 54.3 cm³/mol. The molecule has 0 aliphatic carbocycles. The highest BCUT2D eigenvalue weighted by Crippen LogP contribution is 2.36. The Morgan fingerprint density at radius 2 is 1.55 bits per heavy atom. The molecule has 2 nitrogen and oxygen atoms in total. The number of nitrogens with zero attached hydrogens (tertiary/aromatic N) is 2. The minimum atomic E-state index is 0.494. The van der Waals surface area contributed by atoms with Crippen molar-refractivity contribution in [3.63, 3.8) is 0 Å². The van der Waals surface area contributed by atoms with Crippen LogP contribution in [-0.4, -0.2) is 0 Å². The van der Waals surface area contributed by atoms with Gasteiger partial charge in [0, 0.05) is 4.47 Å². The van der Waals surface area contributed by atoms with E-state index in [1.807, 2.05) is 0 Å². The van der Waals surface area contributed by atoms with E-state index in [0.29, 0.717) is 5.69 Å². The van der Waals surface area contributed by atoms with Crippen molar-refractivity contribution in [3.05, 3.63) is 30.5 Å². The van der Waals surface area contributed by atoms with Gasteiger partial charge in [-0.2, -0.15) is 0 Å². The molecule has 0 fully saturated rings. The Morgan fingerprint density at radius 3 is 1.91 bits per heavy atom. The van der Waals surface area contributed by atoms with E-state index in [1.165, 1.54) is 0 Å². The second-order valence-corrected chi connectivity index (χ2v) is 4.44. The molecule has 0 aliphatic rings. The molecule has 0 aliphatic heterocycles. The van der Waals surface area contributed by atoms with E-state index in [0.717, 1.165) is 13.4 Å². The fraction of sp³-hybridized carbons (Fsp3) is 0. The van der Waals surface area contributed by atoms with Gasteiger partial charge in [-0.1, -0.05) is 15.9 Å². The van der Waals surface area contributed by atoms with E-state index in [9.17, 15) is 0 Å². The largest absolute Gasteiger partial charge is 0.413 e. The molecule has 1 aromatic rings. The normalized spacial score (nSPS) is 9.27. The van der Waals surface area contributed by atoms with Gasteiger partial charge in [-0.15, -0.1) is 0 Å². The molecule has 5 heteroatoms. The van der Waals surface area contributed by atoms with Crippen LogP contribution >= 0.6 is 47.8 Å². The van der Waals surface area contributed by atoms with E-state index in [2.05, 4.69) is 52.8 Å². The predicted octanol–water partition coefficient (Wildman–Crippen LogP) is 4.46. The molecule has 0 atom stereocenters. The lowest BCUT2D eigenvalue weighted by atomic mass is 10.3. The molecular weight excluding hydrogens is 340 g/mol. The van der Waals surface area contributed by atoms with Crippen LogP contribution in [0.25, 0.3) is 4.98 Å². The molecule has 0 saturated heterocycles. The Kier molecular flexibility index (Phi) is 3.05. The summed E-state index contributed by atoms with van der Waals surface area (Å²) in [5.41, 5.74) is 0.494. The summed E-state index contributed by atoms with van der Waals surface area (Å²) in [5.74, 6) is 0. The Bertz CT molecular complexity index is 306. The van der Waals surface area contributed by atoms with Crippen molar-refractivity contribution in [1.29, 1.82) is 5.39 Å². The SMILES string of the molecule is N#[N+]c1c(Br)cc(Br)cc1Br. The lowest BCUT2D eigenvalue weighted by Crippen LogP contribution is -1.70. The summed E-state index contributed by atoms with van der Waals surface area (Å²) in [6.07, 6.45) is 0. The Hall–Kier alpha value is 0.0800. The quantitative estimate of drug-likeness (QED) is 0.640. The summed E-state index contributed by atoms with van der Waals surface area (Å²) in [7, 11) is 0. The molecule has 0 amide bonds. The van der Waals surface area contributed by atoms with E-state index in [4.69, 9.17) is 5.39 Å². The van der Waals surface area contributed by atoms with E-state index in [-0.39, 0.29) is 0 Å². The number of benzene rings is 1. The van der Waals surface area contributed by atoms with Crippen LogP contribution in [0.5, 0.6) is 0 Å². The Morgan fingerprint density at radius 1 is 1.09 bits per heavy atom. The van der Waals surface area contributed by atoms with Gasteiger partial charge in [0.2, 0.25) is 5.39 Å². The third-order valence-corrected chi connectivity index (χ3v) is 2.75. The van der Waals surface area contributed by atoms with Gasteiger partial charge in [0.05, 0.1) is 0 Å². The second-order valence-electron chi connectivity index (χ2n) is 1.82. The van der Waals surface area contributed by atoms with Gasteiger partial charge in [0.25, 0.3) is 0 Å². The fourth-order valence-electron chi connectivity index (χ4n) is 0.630. The van der Waals surface area contributed by atoms with Crippen LogP contribution in [0.1, 0.15) is 0 Å². The first-order chi connectivity index (χ1) is 5.15. The third kappa shape index (κ3) is 2.01. The highest BCUT2D eigenvalue weighted by Gasteiger charge is 2.17. The first-order valence-corrected chi connectivity index (χ1v) is 5.02. The van der Waals surface area contributed by atoms with Crippen LogP contribution in [0.2, 0.25) is 0 Å². The van der Waals surface area contributed by atoms with Crippen molar-refractivity contribution in [2.45, 2.75) is 0 Å². The van der Waals surface area contributed by atoms with Crippen molar-refractivity contribution in [3.8, 4) is 0 Å². The number of diazo groups is 1. The highest BCUT2D eigenvalue weighted by atomic mass is 79.9. The molecule has 0 saturated carbocycles. The molecular formula is C6H2Br3N2+. The first-order valence-electron chi connectivity index (χ1n) is 2.65. The number of halogens is 3. The zero-order valence-electron chi connectivity index (χ0n) is 5.18. The summed E-state index contributed by atoms with van der Waals surface area (Å²) in [6, 6.07) is 3.61. The summed E-state index contributed by atoms with van der Waals surface area (Å²) < 4.78 is 2.39. The van der Waals surface area contributed by atoms with Crippen LogP contribution < -0.4 is 0 Å². The monoisotopic (exact) mass is 339 g/mol. The van der Waals surface area contributed by atoms with Crippen molar-refractivity contribution < 1.29 is 0 Å². The van der Waals surface area contributed by atoms with Gasteiger partial charge < -0.3 is 0 Å². The summed E-state index contributed by atoms with van der Waals surface area (Å²) in [6.45, 7) is 0. The van der Waals surface area contributed by atoms with Crippen molar-refractivity contribution in [2.24, 2.45) is 0 Å². The van der Waals surface area contributed by atoms with Crippen LogP contribution in [0.15, 0.2) is 25.6 Å². The van der Waals surface area contributed by atoms with Gasteiger partial charge in [0.1, 0.15) is 8.95 Å². The molecule has 11 heavy (non-hydrogen) atoms. The summed E-state index contributed by atoms with van der Waals surface area (Å²) >= 11 is 9.78. The molecule has 0 radical (unpaired) electrons. The average molecular weight is 342 g/mol. The Balaban J connectivity index is 3.40. The lowest BCUT2D eigenvalue weighted by molar-refractivity contribution is 1.44. The number of hydrogen-bond donors (Lipinski definition) is 0. The lowest BCUT2D eigenvalue weighted by Gasteiger charge is -1.90. The van der Waals surface area contributed by atoms with Crippen LogP contribution in [0.3, 0.4) is 0 Å². The molecule has 0 N–H and O–H groups in total. The van der Waals surface area contributed by atoms with Crippen molar-refractivity contribution in [2.75, 3.05) is 0 Å². The summed E-state index contributed by atoms with van der Waals surface area (Å²) in [5, 5.41) is 8.54. The number of hydrogen-bond acceptors (Lipinski definition) is 1. The van der Waals surface area contributed by atoms with Crippen LogP contribution in [0.4, 0.5) is 5.69 Å². The first kappa shape index (κ1) is 9.17. The highest BCUT2D eigenvalue weighted by molar-refractivity contribution is 9.11. The molecule has 1 rings (SSSR count). The minimum absolute atomic E-state index is 0.494. The molecule has 0 unspecified atom stereocenters. The Labute approximate surface area is 89.0 Å². The van der Waals surface area contributed by atoms with Gasteiger partial charge in [-0.25, -0.2) is 0 Å². The average Bonchev–Trinajstić information content (AvgIpc) is 1.85. The zero-order valence-corrected chi connectivity index (χ0v) is 9.94. The topological polar surface area (TPSA) is 28.1 Å².